The molecule has 2 aliphatic rings. The number of pyridine rings is 1. The highest BCUT2D eigenvalue weighted by atomic mass is 16.5. The summed E-state index contributed by atoms with van der Waals surface area (Å²) in [5.74, 6) is 1.08. The second kappa shape index (κ2) is 7.37. The average molecular weight is 351 g/mol. The first-order chi connectivity index (χ1) is 12.6. The van der Waals surface area contributed by atoms with Gasteiger partial charge in [-0.3, -0.25) is 9.88 Å². The van der Waals surface area contributed by atoms with Crippen molar-refractivity contribution in [1.29, 1.82) is 0 Å². The van der Waals surface area contributed by atoms with Crippen molar-refractivity contribution in [2.75, 3.05) is 20.6 Å². The number of aromatic nitrogens is 1. The molecule has 1 aliphatic carbocycles. The molecule has 1 saturated carbocycles. The maximum atomic E-state index is 6.71. The molecule has 1 fully saturated rings. The number of benzene rings is 1. The molecule has 0 amide bonds. The molecule has 1 aromatic carbocycles. The van der Waals surface area contributed by atoms with Crippen molar-refractivity contribution < 1.29 is 4.74 Å². The molecular weight excluding hydrogens is 322 g/mol. The van der Waals surface area contributed by atoms with E-state index in [1.807, 2.05) is 12.4 Å². The van der Waals surface area contributed by atoms with E-state index in [-0.39, 0.29) is 5.60 Å². The van der Waals surface area contributed by atoms with Gasteiger partial charge in [0.05, 0.1) is 0 Å². The predicted molar refractivity (Wildman–Crippen MR) is 104 cm³/mol. The molecule has 138 valence electrons. The molecule has 4 heteroatoms. The van der Waals surface area contributed by atoms with Crippen molar-refractivity contribution in [3.05, 3.63) is 59.9 Å². The fraction of sp³-hybridized carbons (Fsp3) is 0.500. The van der Waals surface area contributed by atoms with Crippen LogP contribution in [0.2, 0.25) is 0 Å². The van der Waals surface area contributed by atoms with Crippen LogP contribution in [0, 0.1) is 0 Å². The number of hydrogen-bond donors (Lipinski definition) is 0. The van der Waals surface area contributed by atoms with E-state index in [0.29, 0.717) is 6.04 Å². The molecule has 2 aromatic rings. The van der Waals surface area contributed by atoms with Gasteiger partial charge in [0.25, 0.3) is 0 Å². The molecule has 26 heavy (non-hydrogen) atoms. The smallest absolute Gasteiger partial charge is 0.124 e. The molecular formula is C22H29N3O. The minimum absolute atomic E-state index is 0.0633. The first kappa shape index (κ1) is 17.5. The van der Waals surface area contributed by atoms with Crippen LogP contribution < -0.4 is 4.74 Å². The van der Waals surface area contributed by atoms with Crippen LogP contribution in [0.3, 0.4) is 0 Å². The van der Waals surface area contributed by atoms with Gasteiger partial charge in [-0.25, -0.2) is 0 Å². The average Bonchev–Trinajstić information content (AvgIpc) is 2.79. The summed E-state index contributed by atoms with van der Waals surface area (Å²) < 4.78 is 6.71. The molecule has 0 radical (unpaired) electrons. The van der Waals surface area contributed by atoms with E-state index >= 15 is 0 Å². The molecule has 1 aromatic heterocycles. The molecule has 0 N–H and O–H groups in total. The Kier molecular flexibility index (Phi) is 4.96. The van der Waals surface area contributed by atoms with Gasteiger partial charge in [0, 0.05) is 43.6 Å². The highest BCUT2D eigenvalue weighted by Crippen LogP contribution is 2.39. The summed E-state index contributed by atoms with van der Waals surface area (Å²) in [5, 5.41) is 0. The molecule has 4 rings (SSSR count). The number of ether oxygens (including phenoxy) is 1. The van der Waals surface area contributed by atoms with E-state index < -0.39 is 0 Å². The zero-order valence-corrected chi connectivity index (χ0v) is 15.9. The van der Waals surface area contributed by atoms with Crippen molar-refractivity contribution in [1.82, 2.24) is 14.8 Å². The van der Waals surface area contributed by atoms with Crippen LogP contribution in [0.4, 0.5) is 0 Å². The van der Waals surface area contributed by atoms with E-state index in [0.717, 1.165) is 38.2 Å². The van der Waals surface area contributed by atoms with E-state index in [9.17, 15) is 0 Å². The van der Waals surface area contributed by atoms with Crippen molar-refractivity contribution in [3.63, 3.8) is 0 Å². The summed E-state index contributed by atoms with van der Waals surface area (Å²) in [6.07, 6.45) is 8.43. The number of fused-ring (bicyclic) bond motifs is 1. The first-order valence-corrected chi connectivity index (χ1v) is 9.68. The lowest BCUT2D eigenvalue weighted by Gasteiger charge is -2.43. The fourth-order valence-electron chi connectivity index (χ4n) is 4.47. The van der Waals surface area contributed by atoms with Crippen molar-refractivity contribution in [2.24, 2.45) is 0 Å². The highest BCUT2D eigenvalue weighted by Gasteiger charge is 2.41. The van der Waals surface area contributed by atoms with Crippen LogP contribution in [0.25, 0.3) is 0 Å². The Morgan fingerprint density at radius 1 is 1.12 bits per heavy atom. The van der Waals surface area contributed by atoms with Gasteiger partial charge in [-0.2, -0.15) is 0 Å². The lowest BCUT2D eigenvalue weighted by molar-refractivity contribution is -0.0135. The van der Waals surface area contributed by atoms with E-state index in [2.05, 4.69) is 65.3 Å². The lowest BCUT2D eigenvalue weighted by atomic mass is 9.81. The summed E-state index contributed by atoms with van der Waals surface area (Å²) in [6, 6.07) is 13.5. The van der Waals surface area contributed by atoms with Crippen LogP contribution in [0.1, 0.15) is 36.8 Å². The van der Waals surface area contributed by atoms with Crippen LogP contribution >= 0.6 is 0 Å². The van der Waals surface area contributed by atoms with E-state index in [4.69, 9.17) is 4.74 Å². The fourth-order valence-corrected chi connectivity index (χ4v) is 4.47. The van der Waals surface area contributed by atoms with Crippen molar-refractivity contribution in [2.45, 2.75) is 50.4 Å². The molecule has 2 heterocycles. The summed E-state index contributed by atoms with van der Waals surface area (Å²) in [7, 11) is 4.39. The Labute approximate surface area is 156 Å². The predicted octanol–water partition coefficient (Wildman–Crippen LogP) is 3.72. The minimum Gasteiger partial charge on any atom is -0.486 e. The highest BCUT2D eigenvalue weighted by molar-refractivity contribution is 5.35. The lowest BCUT2D eigenvalue weighted by Crippen LogP contribution is -2.50. The summed E-state index contributed by atoms with van der Waals surface area (Å²) in [4.78, 5) is 9.07. The molecule has 0 bridgehead atoms. The standard InChI is InChI=1S/C22H29N3O/c1-24(2)20-7-11-22(12-8-20)17-25(15-18-9-13-23-14-10-18)16-19-5-3-4-6-21(19)26-22/h3-6,9-10,13-14,20H,7-8,11-12,15-17H2,1-2H3. The zero-order chi connectivity index (χ0) is 18.0. The Morgan fingerprint density at radius 3 is 2.58 bits per heavy atom. The quantitative estimate of drug-likeness (QED) is 0.843. The summed E-state index contributed by atoms with van der Waals surface area (Å²) in [5.41, 5.74) is 2.55. The maximum Gasteiger partial charge on any atom is 0.124 e. The van der Waals surface area contributed by atoms with E-state index in [1.165, 1.54) is 24.0 Å². The van der Waals surface area contributed by atoms with Gasteiger partial charge in [0.2, 0.25) is 0 Å². The SMILES string of the molecule is CN(C)C1CCC2(CC1)CN(Cc1ccncc1)Cc1ccccc1O2. The van der Waals surface area contributed by atoms with Crippen LogP contribution in [-0.4, -0.2) is 47.1 Å². The van der Waals surface area contributed by atoms with Gasteiger partial charge in [-0.1, -0.05) is 18.2 Å². The summed E-state index contributed by atoms with van der Waals surface area (Å²) >= 11 is 0. The van der Waals surface area contributed by atoms with Gasteiger partial charge >= 0.3 is 0 Å². The Balaban J connectivity index is 1.59. The van der Waals surface area contributed by atoms with Crippen LogP contribution in [0.15, 0.2) is 48.8 Å². The van der Waals surface area contributed by atoms with Crippen molar-refractivity contribution >= 4 is 0 Å². The van der Waals surface area contributed by atoms with Gasteiger partial charge in [-0.15, -0.1) is 0 Å². The van der Waals surface area contributed by atoms with E-state index in [1.54, 1.807) is 0 Å². The second-order valence-electron chi connectivity index (χ2n) is 8.09. The Bertz CT molecular complexity index is 723. The number of hydrogen-bond acceptors (Lipinski definition) is 4. The molecule has 0 saturated heterocycles. The first-order valence-electron chi connectivity index (χ1n) is 9.68. The number of rotatable bonds is 3. The summed E-state index contributed by atoms with van der Waals surface area (Å²) in [6.45, 7) is 2.88. The van der Waals surface area contributed by atoms with Crippen LogP contribution in [0.5, 0.6) is 5.75 Å². The van der Waals surface area contributed by atoms with Gasteiger partial charge in [0.1, 0.15) is 11.4 Å². The van der Waals surface area contributed by atoms with Gasteiger partial charge < -0.3 is 9.64 Å². The Hall–Kier alpha value is -1.91. The molecule has 1 aliphatic heterocycles. The number of para-hydroxylation sites is 1. The van der Waals surface area contributed by atoms with Crippen LogP contribution in [-0.2, 0) is 13.1 Å². The van der Waals surface area contributed by atoms with Crippen molar-refractivity contribution in [3.8, 4) is 5.75 Å². The number of nitrogens with zero attached hydrogens (tertiary/aromatic N) is 3. The normalized spacial score (nSPS) is 26.3. The third-order valence-corrected chi connectivity index (χ3v) is 5.96. The zero-order valence-electron chi connectivity index (χ0n) is 15.9. The molecule has 0 atom stereocenters. The largest absolute Gasteiger partial charge is 0.486 e. The molecule has 4 nitrogen and oxygen atoms in total. The maximum absolute atomic E-state index is 6.71. The minimum atomic E-state index is -0.0633. The molecule has 1 spiro atoms. The third-order valence-electron chi connectivity index (χ3n) is 5.96. The topological polar surface area (TPSA) is 28.6 Å². The Morgan fingerprint density at radius 2 is 1.85 bits per heavy atom. The van der Waals surface area contributed by atoms with Gasteiger partial charge in [-0.05, 0) is 63.5 Å². The monoisotopic (exact) mass is 351 g/mol. The van der Waals surface area contributed by atoms with Gasteiger partial charge in [0.15, 0.2) is 0 Å². The second-order valence-corrected chi connectivity index (χ2v) is 8.09. The third kappa shape index (κ3) is 3.76. The molecule has 0 unspecified atom stereocenters.